The van der Waals surface area contributed by atoms with Crippen molar-refractivity contribution in [3.05, 3.63) is 71.6 Å². The van der Waals surface area contributed by atoms with Crippen molar-refractivity contribution in [2.45, 2.75) is 43.4 Å². The third kappa shape index (κ3) is 3.64. The monoisotopic (exact) mass is 367 g/mol. The third-order valence-corrected chi connectivity index (χ3v) is 6.05. The van der Waals surface area contributed by atoms with E-state index in [0.717, 1.165) is 36.3 Å². The SMILES string of the molecule is COc1ccccc1/C=C/CN1C2CCC1CC(O)(c1ccc(F)cc1)C2. The van der Waals surface area contributed by atoms with Crippen LogP contribution in [-0.4, -0.2) is 35.7 Å². The number of benzene rings is 2. The quantitative estimate of drug-likeness (QED) is 0.852. The lowest BCUT2D eigenvalue weighted by Gasteiger charge is -2.43. The maximum absolute atomic E-state index is 13.2. The average molecular weight is 367 g/mol. The molecule has 0 amide bonds. The highest BCUT2D eigenvalue weighted by molar-refractivity contribution is 5.57. The largest absolute Gasteiger partial charge is 0.496 e. The second-order valence-electron chi connectivity index (χ2n) is 7.67. The van der Waals surface area contributed by atoms with Crippen LogP contribution in [0.5, 0.6) is 5.75 Å². The summed E-state index contributed by atoms with van der Waals surface area (Å²) in [6, 6.07) is 15.1. The van der Waals surface area contributed by atoms with Crippen LogP contribution >= 0.6 is 0 Å². The fraction of sp³-hybridized carbons (Fsp3) is 0.391. The van der Waals surface area contributed by atoms with Crippen molar-refractivity contribution < 1.29 is 14.2 Å². The van der Waals surface area contributed by atoms with Crippen molar-refractivity contribution >= 4 is 6.08 Å². The summed E-state index contributed by atoms with van der Waals surface area (Å²) in [6.07, 6.45) is 7.92. The van der Waals surface area contributed by atoms with Crippen molar-refractivity contribution in [1.82, 2.24) is 4.90 Å². The molecule has 27 heavy (non-hydrogen) atoms. The third-order valence-electron chi connectivity index (χ3n) is 6.05. The number of piperidine rings is 1. The van der Waals surface area contributed by atoms with E-state index in [-0.39, 0.29) is 5.82 Å². The number of para-hydroxylation sites is 1. The van der Waals surface area contributed by atoms with E-state index in [1.807, 2.05) is 24.3 Å². The molecule has 2 atom stereocenters. The van der Waals surface area contributed by atoms with Crippen LogP contribution in [-0.2, 0) is 5.60 Å². The van der Waals surface area contributed by atoms with Gasteiger partial charge in [-0.2, -0.15) is 0 Å². The first kappa shape index (κ1) is 18.2. The normalized spacial score (nSPS) is 28.0. The van der Waals surface area contributed by atoms with Crippen molar-refractivity contribution in [1.29, 1.82) is 0 Å². The second kappa shape index (κ2) is 7.45. The molecule has 0 radical (unpaired) electrons. The van der Waals surface area contributed by atoms with Crippen LogP contribution < -0.4 is 4.74 Å². The summed E-state index contributed by atoms with van der Waals surface area (Å²) in [7, 11) is 1.69. The van der Waals surface area contributed by atoms with E-state index in [0.29, 0.717) is 24.9 Å². The van der Waals surface area contributed by atoms with E-state index >= 15 is 0 Å². The predicted molar refractivity (Wildman–Crippen MR) is 105 cm³/mol. The Labute approximate surface area is 160 Å². The van der Waals surface area contributed by atoms with Crippen LogP contribution in [0, 0.1) is 5.82 Å². The van der Waals surface area contributed by atoms with Crippen molar-refractivity contribution in [3.8, 4) is 5.75 Å². The number of methoxy groups -OCH3 is 1. The van der Waals surface area contributed by atoms with Crippen LogP contribution in [0.1, 0.15) is 36.8 Å². The number of rotatable bonds is 5. The maximum atomic E-state index is 13.2. The average Bonchev–Trinajstić information content (AvgIpc) is 2.93. The van der Waals surface area contributed by atoms with Gasteiger partial charge in [0.25, 0.3) is 0 Å². The molecule has 3 nitrogen and oxygen atoms in total. The Hall–Kier alpha value is -2.17. The fourth-order valence-corrected chi connectivity index (χ4v) is 4.72. The number of nitrogens with zero attached hydrogens (tertiary/aromatic N) is 1. The van der Waals surface area contributed by atoms with E-state index < -0.39 is 5.60 Å². The van der Waals surface area contributed by atoms with Gasteiger partial charge >= 0.3 is 0 Å². The highest BCUT2D eigenvalue weighted by atomic mass is 19.1. The summed E-state index contributed by atoms with van der Waals surface area (Å²) < 4.78 is 18.6. The minimum absolute atomic E-state index is 0.260. The number of hydrogen-bond donors (Lipinski definition) is 1. The summed E-state index contributed by atoms with van der Waals surface area (Å²) in [5.41, 5.74) is 1.07. The van der Waals surface area contributed by atoms with Crippen LogP contribution in [0.4, 0.5) is 4.39 Å². The Morgan fingerprint density at radius 3 is 2.44 bits per heavy atom. The minimum Gasteiger partial charge on any atom is -0.496 e. The molecule has 4 heteroatoms. The van der Waals surface area contributed by atoms with Gasteiger partial charge in [0.05, 0.1) is 12.7 Å². The first-order valence-corrected chi connectivity index (χ1v) is 9.63. The zero-order valence-electron chi connectivity index (χ0n) is 15.6. The Morgan fingerprint density at radius 2 is 1.78 bits per heavy atom. The molecule has 2 unspecified atom stereocenters. The van der Waals surface area contributed by atoms with Gasteiger partial charge in [-0.05, 0) is 49.4 Å². The lowest BCUT2D eigenvalue weighted by atomic mass is 9.80. The molecule has 142 valence electrons. The number of fused-ring (bicyclic) bond motifs is 2. The molecule has 2 fully saturated rings. The Bertz CT molecular complexity index is 803. The summed E-state index contributed by atoms with van der Waals surface area (Å²) in [5.74, 6) is 0.616. The lowest BCUT2D eigenvalue weighted by Crippen LogP contribution is -2.49. The number of aliphatic hydroxyl groups is 1. The molecule has 2 bridgehead atoms. The molecule has 2 aliphatic heterocycles. The summed E-state index contributed by atoms with van der Waals surface area (Å²) >= 11 is 0. The smallest absolute Gasteiger partial charge is 0.126 e. The van der Waals surface area contributed by atoms with Crippen LogP contribution in [0.2, 0.25) is 0 Å². The van der Waals surface area contributed by atoms with Gasteiger partial charge < -0.3 is 9.84 Å². The molecule has 0 saturated carbocycles. The molecule has 0 spiro atoms. The molecule has 0 aromatic heterocycles. The Balaban J connectivity index is 1.45. The zero-order valence-corrected chi connectivity index (χ0v) is 15.6. The molecular formula is C23H26FNO2. The predicted octanol–water partition coefficient (Wildman–Crippen LogP) is 4.36. The van der Waals surface area contributed by atoms with E-state index in [9.17, 15) is 9.50 Å². The van der Waals surface area contributed by atoms with Crippen molar-refractivity contribution in [2.24, 2.45) is 0 Å². The summed E-state index contributed by atoms with van der Waals surface area (Å²) in [4.78, 5) is 2.50. The van der Waals surface area contributed by atoms with E-state index in [1.165, 1.54) is 12.1 Å². The van der Waals surface area contributed by atoms with Gasteiger partial charge in [-0.3, -0.25) is 4.90 Å². The van der Waals surface area contributed by atoms with Gasteiger partial charge in [0.1, 0.15) is 11.6 Å². The Morgan fingerprint density at radius 1 is 1.11 bits per heavy atom. The van der Waals surface area contributed by atoms with Gasteiger partial charge in [0.15, 0.2) is 0 Å². The van der Waals surface area contributed by atoms with Crippen LogP contribution in [0.15, 0.2) is 54.6 Å². The number of halogens is 1. The molecule has 2 aliphatic rings. The molecule has 0 aliphatic carbocycles. The highest BCUT2D eigenvalue weighted by Gasteiger charge is 2.47. The fourth-order valence-electron chi connectivity index (χ4n) is 4.72. The summed E-state index contributed by atoms with van der Waals surface area (Å²) in [5, 5.41) is 11.2. The maximum Gasteiger partial charge on any atom is 0.126 e. The van der Waals surface area contributed by atoms with E-state index in [4.69, 9.17) is 4.74 Å². The second-order valence-corrected chi connectivity index (χ2v) is 7.67. The van der Waals surface area contributed by atoms with Gasteiger partial charge in [0, 0.05) is 24.2 Å². The lowest BCUT2D eigenvalue weighted by molar-refractivity contribution is -0.0535. The standard InChI is InChI=1S/C23H26FNO2/c1-27-22-7-3-2-5-17(22)6-4-14-25-20-12-13-21(25)16-23(26,15-20)18-8-10-19(24)11-9-18/h2-11,20-21,26H,12-16H2,1H3/b6-4+. The first-order chi connectivity index (χ1) is 13.1. The van der Waals surface area contributed by atoms with Crippen LogP contribution in [0.25, 0.3) is 6.08 Å². The van der Waals surface area contributed by atoms with Crippen LogP contribution in [0.3, 0.4) is 0 Å². The molecule has 2 aromatic carbocycles. The minimum atomic E-state index is -0.845. The highest BCUT2D eigenvalue weighted by Crippen LogP contribution is 2.45. The first-order valence-electron chi connectivity index (χ1n) is 9.63. The van der Waals surface area contributed by atoms with Gasteiger partial charge in [-0.1, -0.05) is 42.5 Å². The van der Waals surface area contributed by atoms with Crippen molar-refractivity contribution in [2.75, 3.05) is 13.7 Å². The van der Waals surface area contributed by atoms with E-state index in [1.54, 1.807) is 19.2 Å². The number of ether oxygens (including phenoxy) is 1. The molecule has 4 rings (SSSR count). The zero-order chi connectivity index (χ0) is 18.9. The van der Waals surface area contributed by atoms with E-state index in [2.05, 4.69) is 17.1 Å². The van der Waals surface area contributed by atoms with Gasteiger partial charge in [-0.25, -0.2) is 4.39 Å². The molecule has 1 N–H and O–H groups in total. The molecule has 2 heterocycles. The topological polar surface area (TPSA) is 32.7 Å². The summed E-state index contributed by atoms with van der Waals surface area (Å²) in [6.45, 7) is 0.868. The van der Waals surface area contributed by atoms with Gasteiger partial charge in [-0.15, -0.1) is 0 Å². The number of hydrogen-bond acceptors (Lipinski definition) is 3. The molecule has 2 aromatic rings. The molecular weight excluding hydrogens is 341 g/mol. The van der Waals surface area contributed by atoms with Crippen molar-refractivity contribution in [3.63, 3.8) is 0 Å². The van der Waals surface area contributed by atoms with Gasteiger partial charge in [0.2, 0.25) is 0 Å². The molecule has 2 saturated heterocycles. The Kier molecular flexibility index (Phi) is 5.02.